The first kappa shape index (κ1) is 13.3. The van der Waals surface area contributed by atoms with Crippen molar-refractivity contribution in [1.82, 2.24) is 4.98 Å². The Balaban J connectivity index is 2.92. The van der Waals surface area contributed by atoms with Crippen molar-refractivity contribution in [3.63, 3.8) is 0 Å². The Bertz CT molecular complexity index is 388. The number of hydrogen-bond acceptors (Lipinski definition) is 4. The summed E-state index contributed by atoms with van der Waals surface area (Å²) in [5.74, 6) is -0.729. The molecule has 1 amide bonds. The van der Waals surface area contributed by atoms with E-state index >= 15 is 0 Å². The van der Waals surface area contributed by atoms with Gasteiger partial charge in [-0.3, -0.25) is 9.78 Å². The van der Waals surface area contributed by atoms with Gasteiger partial charge >= 0.3 is 0 Å². The Morgan fingerprint density at radius 2 is 2.29 bits per heavy atom. The van der Waals surface area contributed by atoms with E-state index in [0.717, 1.165) is 0 Å². The lowest BCUT2D eigenvalue weighted by Gasteiger charge is -2.23. The van der Waals surface area contributed by atoms with Gasteiger partial charge in [-0.15, -0.1) is 0 Å². The molecule has 0 radical (unpaired) electrons. The lowest BCUT2D eigenvalue weighted by Crippen LogP contribution is -2.31. The van der Waals surface area contributed by atoms with Crippen LogP contribution in [0.4, 0.5) is 14.5 Å². The number of pyridine rings is 1. The highest BCUT2D eigenvalue weighted by molar-refractivity contribution is 5.91. The van der Waals surface area contributed by atoms with Gasteiger partial charge in [0, 0.05) is 18.4 Å². The number of aromatic nitrogens is 1. The van der Waals surface area contributed by atoms with Crippen molar-refractivity contribution in [2.24, 2.45) is 5.73 Å². The highest BCUT2D eigenvalue weighted by atomic mass is 19.3. The predicted octanol–water partition coefficient (Wildman–Crippen LogP) is 0.244. The summed E-state index contributed by atoms with van der Waals surface area (Å²) in [6, 6.07) is 2.80. The summed E-state index contributed by atoms with van der Waals surface area (Å²) >= 11 is 0. The molecule has 0 aliphatic carbocycles. The van der Waals surface area contributed by atoms with E-state index in [-0.39, 0.29) is 18.8 Å². The molecule has 0 saturated carbocycles. The van der Waals surface area contributed by atoms with Crippen LogP contribution in [0.2, 0.25) is 0 Å². The maximum absolute atomic E-state index is 12.3. The number of hydrogen-bond donors (Lipinski definition) is 2. The Kier molecular flexibility index (Phi) is 4.77. The van der Waals surface area contributed by atoms with E-state index in [0.29, 0.717) is 5.69 Å². The number of aliphatic hydroxyl groups is 1. The fraction of sp³-hybridized carbons (Fsp3) is 0.400. The molecule has 17 heavy (non-hydrogen) atoms. The van der Waals surface area contributed by atoms with Gasteiger partial charge in [-0.25, -0.2) is 8.78 Å². The molecule has 0 aliphatic heterocycles. The van der Waals surface area contributed by atoms with Gasteiger partial charge in [0.15, 0.2) is 0 Å². The molecule has 0 atom stereocenters. The van der Waals surface area contributed by atoms with Crippen LogP contribution in [0, 0.1) is 0 Å². The Morgan fingerprint density at radius 1 is 1.59 bits per heavy atom. The van der Waals surface area contributed by atoms with Crippen LogP contribution in [0.1, 0.15) is 10.5 Å². The van der Waals surface area contributed by atoms with E-state index in [1.165, 1.54) is 23.2 Å². The SMILES string of the molecule is NC(=O)c1cc(N(CCO)CC(F)F)ccn1. The first-order valence-electron chi connectivity index (χ1n) is 4.94. The average Bonchev–Trinajstić information content (AvgIpc) is 2.28. The quantitative estimate of drug-likeness (QED) is 0.752. The van der Waals surface area contributed by atoms with E-state index in [1.807, 2.05) is 0 Å². The molecule has 1 heterocycles. The van der Waals surface area contributed by atoms with Crippen LogP contribution in [-0.2, 0) is 0 Å². The molecule has 0 bridgehead atoms. The Hall–Kier alpha value is -1.76. The van der Waals surface area contributed by atoms with E-state index in [1.54, 1.807) is 0 Å². The fourth-order valence-electron chi connectivity index (χ4n) is 1.36. The minimum absolute atomic E-state index is 0.000272. The summed E-state index contributed by atoms with van der Waals surface area (Å²) in [7, 11) is 0. The second-order valence-electron chi connectivity index (χ2n) is 3.32. The summed E-state index contributed by atoms with van der Waals surface area (Å²) in [5.41, 5.74) is 5.42. The van der Waals surface area contributed by atoms with Crippen molar-refractivity contribution >= 4 is 11.6 Å². The lowest BCUT2D eigenvalue weighted by atomic mass is 10.2. The van der Waals surface area contributed by atoms with E-state index in [9.17, 15) is 13.6 Å². The monoisotopic (exact) mass is 245 g/mol. The normalized spacial score (nSPS) is 10.6. The van der Waals surface area contributed by atoms with Crippen LogP contribution in [0.15, 0.2) is 18.3 Å². The summed E-state index contributed by atoms with van der Waals surface area (Å²) in [6.07, 6.45) is -1.22. The number of halogens is 2. The standard InChI is InChI=1S/C10H13F2N3O2/c11-9(12)6-15(3-4-16)7-1-2-14-8(5-7)10(13)17/h1-2,5,9,16H,3-4,6H2,(H2,13,17). The van der Waals surface area contributed by atoms with Crippen molar-refractivity contribution in [2.45, 2.75) is 6.43 Å². The highest BCUT2D eigenvalue weighted by Gasteiger charge is 2.14. The van der Waals surface area contributed by atoms with Crippen LogP contribution in [-0.4, -0.2) is 42.1 Å². The molecule has 1 aromatic heterocycles. The van der Waals surface area contributed by atoms with Crippen molar-refractivity contribution < 1.29 is 18.7 Å². The fourth-order valence-corrected chi connectivity index (χ4v) is 1.36. The molecule has 5 nitrogen and oxygen atoms in total. The summed E-state index contributed by atoms with van der Waals surface area (Å²) in [6.45, 7) is -0.740. The summed E-state index contributed by atoms with van der Waals surface area (Å²) in [5, 5.41) is 8.80. The van der Waals surface area contributed by atoms with Gasteiger partial charge < -0.3 is 15.7 Å². The molecular formula is C10H13F2N3O2. The molecule has 0 aliphatic rings. The second-order valence-corrected chi connectivity index (χ2v) is 3.32. The van der Waals surface area contributed by atoms with E-state index in [2.05, 4.69) is 4.98 Å². The van der Waals surface area contributed by atoms with Crippen molar-refractivity contribution in [3.8, 4) is 0 Å². The Morgan fingerprint density at radius 3 is 2.82 bits per heavy atom. The number of alkyl halides is 2. The molecular weight excluding hydrogens is 232 g/mol. The average molecular weight is 245 g/mol. The maximum Gasteiger partial charge on any atom is 0.267 e. The lowest BCUT2D eigenvalue weighted by molar-refractivity contribution is 0.0995. The van der Waals surface area contributed by atoms with Crippen molar-refractivity contribution in [3.05, 3.63) is 24.0 Å². The highest BCUT2D eigenvalue weighted by Crippen LogP contribution is 2.15. The Labute approximate surface area is 96.9 Å². The first-order valence-corrected chi connectivity index (χ1v) is 4.94. The molecule has 0 aromatic carbocycles. The third-order valence-corrected chi connectivity index (χ3v) is 2.09. The van der Waals surface area contributed by atoms with Gasteiger partial charge in [0.1, 0.15) is 5.69 Å². The summed E-state index contributed by atoms with van der Waals surface area (Å²) in [4.78, 5) is 15.9. The molecule has 1 rings (SSSR count). The number of carbonyl (C=O) groups is 1. The van der Waals surface area contributed by atoms with Crippen LogP contribution in [0.25, 0.3) is 0 Å². The van der Waals surface area contributed by atoms with Crippen molar-refractivity contribution in [1.29, 1.82) is 0 Å². The number of primary amides is 1. The number of aliphatic hydroxyl groups excluding tert-OH is 1. The number of amides is 1. The largest absolute Gasteiger partial charge is 0.395 e. The van der Waals surface area contributed by atoms with Gasteiger partial charge in [-0.05, 0) is 12.1 Å². The van der Waals surface area contributed by atoms with Gasteiger partial charge in [0.05, 0.1) is 13.2 Å². The molecule has 0 unspecified atom stereocenters. The minimum atomic E-state index is -2.54. The van der Waals surface area contributed by atoms with Gasteiger partial charge in [-0.1, -0.05) is 0 Å². The number of carbonyl (C=O) groups excluding carboxylic acids is 1. The summed E-state index contributed by atoms with van der Waals surface area (Å²) < 4.78 is 24.6. The van der Waals surface area contributed by atoms with Crippen molar-refractivity contribution in [2.75, 3.05) is 24.6 Å². The van der Waals surface area contributed by atoms with Gasteiger partial charge in [0.25, 0.3) is 12.3 Å². The number of nitrogens with two attached hydrogens (primary N) is 1. The maximum atomic E-state index is 12.3. The molecule has 1 aromatic rings. The third-order valence-electron chi connectivity index (χ3n) is 2.09. The molecule has 7 heteroatoms. The van der Waals surface area contributed by atoms with E-state index < -0.39 is 18.9 Å². The topological polar surface area (TPSA) is 79.5 Å². The zero-order chi connectivity index (χ0) is 12.8. The number of anilines is 1. The zero-order valence-corrected chi connectivity index (χ0v) is 9.01. The third kappa shape index (κ3) is 3.95. The van der Waals surface area contributed by atoms with Crippen LogP contribution >= 0.6 is 0 Å². The molecule has 0 saturated heterocycles. The molecule has 3 N–H and O–H groups in total. The minimum Gasteiger partial charge on any atom is -0.395 e. The smallest absolute Gasteiger partial charge is 0.267 e. The van der Waals surface area contributed by atoms with E-state index in [4.69, 9.17) is 10.8 Å². The molecule has 0 fully saturated rings. The zero-order valence-electron chi connectivity index (χ0n) is 9.01. The number of rotatable bonds is 6. The second kappa shape index (κ2) is 6.09. The van der Waals surface area contributed by atoms with Gasteiger partial charge in [0.2, 0.25) is 0 Å². The first-order chi connectivity index (χ1) is 8.04. The number of nitrogens with zero attached hydrogens (tertiary/aromatic N) is 2. The predicted molar refractivity (Wildman–Crippen MR) is 58.1 cm³/mol. The molecule has 94 valence electrons. The van der Waals surface area contributed by atoms with Crippen LogP contribution in [0.5, 0.6) is 0 Å². The molecule has 0 spiro atoms. The van der Waals surface area contributed by atoms with Crippen LogP contribution < -0.4 is 10.6 Å². The van der Waals surface area contributed by atoms with Crippen LogP contribution in [0.3, 0.4) is 0 Å². The van der Waals surface area contributed by atoms with Gasteiger partial charge in [-0.2, -0.15) is 0 Å².